The fourth-order valence-electron chi connectivity index (χ4n) is 4.11. The Balaban J connectivity index is 1.81. The van der Waals surface area contributed by atoms with Gasteiger partial charge in [-0.05, 0) is 49.2 Å². The molecular formula is C24H25F2N3O2. The molecular weight excluding hydrogens is 400 g/mol. The van der Waals surface area contributed by atoms with E-state index in [0.29, 0.717) is 29.9 Å². The van der Waals surface area contributed by atoms with Gasteiger partial charge in [-0.2, -0.15) is 0 Å². The highest BCUT2D eigenvalue weighted by Gasteiger charge is 2.43. The number of imide groups is 1. The normalized spacial score (nSPS) is 17.8. The van der Waals surface area contributed by atoms with Gasteiger partial charge in [-0.3, -0.25) is 9.59 Å². The fourth-order valence-corrected chi connectivity index (χ4v) is 4.11. The molecule has 0 unspecified atom stereocenters. The van der Waals surface area contributed by atoms with Crippen molar-refractivity contribution < 1.29 is 18.4 Å². The molecule has 0 spiro atoms. The maximum atomic E-state index is 13.9. The fraction of sp³-hybridized carbons (Fsp3) is 0.333. The molecule has 2 aliphatic heterocycles. The Hall–Kier alpha value is -3.06. The van der Waals surface area contributed by atoms with E-state index in [9.17, 15) is 18.4 Å². The summed E-state index contributed by atoms with van der Waals surface area (Å²) < 4.78 is 27.3. The van der Waals surface area contributed by atoms with E-state index in [1.165, 1.54) is 6.07 Å². The van der Waals surface area contributed by atoms with Crippen molar-refractivity contribution in [3.8, 4) is 0 Å². The molecule has 0 saturated carbocycles. The minimum atomic E-state index is -1.10. The van der Waals surface area contributed by atoms with E-state index in [4.69, 9.17) is 0 Å². The van der Waals surface area contributed by atoms with Crippen LogP contribution in [0.15, 0.2) is 42.1 Å². The number of likely N-dealkylation sites (N-methyl/N-ethyl adjacent to an activating group) is 1. The molecule has 1 fully saturated rings. The van der Waals surface area contributed by atoms with Crippen molar-refractivity contribution in [1.82, 2.24) is 9.80 Å². The summed E-state index contributed by atoms with van der Waals surface area (Å²) in [5, 5.41) is 0. The number of halogens is 2. The average molecular weight is 425 g/mol. The molecule has 0 bridgehead atoms. The summed E-state index contributed by atoms with van der Waals surface area (Å²) in [6, 6.07) is 8.72. The molecule has 5 nitrogen and oxygen atoms in total. The van der Waals surface area contributed by atoms with Crippen molar-refractivity contribution in [3.05, 3.63) is 70.4 Å². The maximum Gasteiger partial charge on any atom is 0.282 e. The van der Waals surface area contributed by atoms with Crippen LogP contribution in [0.25, 0.3) is 5.57 Å². The number of rotatable bonds is 4. The van der Waals surface area contributed by atoms with Gasteiger partial charge in [0.1, 0.15) is 5.70 Å². The lowest BCUT2D eigenvalue weighted by atomic mass is 9.99. The summed E-state index contributed by atoms with van der Waals surface area (Å²) in [6.07, 6.45) is 0. The SMILES string of the molecule is CCN1CCN(C2=C(c3ccc(C)c(C)c3)C(=O)N(c3ccc(F)c(F)c3)C2=O)CC1. The van der Waals surface area contributed by atoms with Crippen LogP contribution < -0.4 is 4.90 Å². The van der Waals surface area contributed by atoms with Gasteiger partial charge in [-0.15, -0.1) is 0 Å². The van der Waals surface area contributed by atoms with E-state index in [2.05, 4.69) is 11.8 Å². The molecule has 0 N–H and O–H groups in total. The van der Waals surface area contributed by atoms with Crippen molar-refractivity contribution in [2.24, 2.45) is 0 Å². The number of nitrogens with zero attached hydrogens (tertiary/aromatic N) is 3. The van der Waals surface area contributed by atoms with Crippen LogP contribution in [0.5, 0.6) is 0 Å². The summed E-state index contributed by atoms with van der Waals surface area (Å²) in [6.45, 7) is 9.74. The molecule has 0 aliphatic carbocycles. The van der Waals surface area contributed by atoms with Crippen LogP contribution in [-0.2, 0) is 9.59 Å². The van der Waals surface area contributed by atoms with Gasteiger partial charge in [0.2, 0.25) is 0 Å². The van der Waals surface area contributed by atoms with E-state index >= 15 is 0 Å². The lowest BCUT2D eigenvalue weighted by molar-refractivity contribution is -0.120. The third-order valence-corrected chi connectivity index (χ3v) is 6.15. The van der Waals surface area contributed by atoms with Gasteiger partial charge in [0.15, 0.2) is 11.6 Å². The van der Waals surface area contributed by atoms with Gasteiger partial charge in [0, 0.05) is 32.2 Å². The van der Waals surface area contributed by atoms with Crippen molar-refractivity contribution >= 4 is 23.1 Å². The average Bonchev–Trinajstić information content (AvgIpc) is 3.02. The maximum absolute atomic E-state index is 13.9. The van der Waals surface area contributed by atoms with Gasteiger partial charge in [-0.25, -0.2) is 13.7 Å². The molecule has 0 aromatic heterocycles. The number of benzene rings is 2. The quantitative estimate of drug-likeness (QED) is 0.704. The molecule has 31 heavy (non-hydrogen) atoms. The first kappa shape index (κ1) is 21.2. The topological polar surface area (TPSA) is 43.9 Å². The molecule has 4 rings (SSSR count). The molecule has 2 aromatic carbocycles. The van der Waals surface area contributed by atoms with E-state index in [1.807, 2.05) is 36.9 Å². The molecule has 1 saturated heterocycles. The first-order valence-electron chi connectivity index (χ1n) is 10.4. The highest BCUT2D eigenvalue weighted by Crippen LogP contribution is 2.36. The predicted molar refractivity (Wildman–Crippen MR) is 115 cm³/mol. The van der Waals surface area contributed by atoms with Gasteiger partial charge >= 0.3 is 0 Å². The van der Waals surface area contributed by atoms with E-state index in [-0.39, 0.29) is 5.69 Å². The lowest BCUT2D eigenvalue weighted by Crippen LogP contribution is -2.47. The Labute approximate surface area is 180 Å². The van der Waals surface area contributed by atoms with Crippen LogP contribution in [0.4, 0.5) is 14.5 Å². The number of piperazine rings is 1. The zero-order valence-electron chi connectivity index (χ0n) is 17.9. The Bertz CT molecular complexity index is 1090. The van der Waals surface area contributed by atoms with E-state index in [0.717, 1.165) is 47.8 Å². The van der Waals surface area contributed by atoms with Gasteiger partial charge in [0.05, 0.1) is 11.3 Å². The zero-order chi connectivity index (χ0) is 22.3. The highest BCUT2D eigenvalue weighted by atomic mass is 19.2. The Morgan fingerprint density at radius 3 is 2.16 bits per heavy atom. The van der Waals surface area contributed by atoms with Gasteiger partial charge in [-0.1, -0.05) is 25.1 Å². The minimum Gasteiger partial charge on any atom is -0.364 e. The highest BCUT2D eigenvalue weighted by molar-refractivity contribution is 6.45. The minimum absolute atomic E-state index is 0.0254. The van der Waals surface area contributed by atoms with Crippen LogP contribution in [0.1, 0.15) is 23.6 Å². The number of anilines is 1. The van der Waals surface area contributed by atoms with Crippen molar-refractivity contribution in [2.45, 2.75) is 20.8 Å². The van der Waals surface area contributed by atoms with Crippen molar-refractivity contribution in [2.75, 3.05) is 37.6 Å². The molecule has 0 radical (unpaired) electrons. The number of aryl methyl sites for hydroxylation is 2. The van der Waals surface area contributed by atoms with Gasteiger partial charge < -0.3 is 9.80 Å². The smallest absolute Gasteiger partial charge is 0.282 e. The zero-order valence-corrected chi connectivity index (χ0v) is 17.9. The monoisotopic (exact) mass is 425 g/mol. The molecule has 2 heterocycles. The first-order chi connectivity index (χ1) is 14.8. The molecule has 7 heteroatoms. The van der Waals surface area contributed by atoms with E-state index in [1.54, 1.807) is 0 Å². The number of carbonyl (C=O) groups is 2. The second kappa shape index (κ2) is 8.23. The number of carbonyl (C=O) groups excluding carboxylic acids is 2. The summed E-state index contributed by atoms with van der Waals surface area (Å²) in [5.41, 5.74) is 3.40. The van der Waals surface area contributed by atoms with Crippen molar-refractivity contribution in [3.63, 3.8) is 0 Å². The largest absolute Gasteiger partial charge is 0.364 e. The number of hydrogen-bond acceptors (Lipinski definition) is 4. The van der Waals surface area contributed by atoms with Crippen LogP contribution in [0.3, 0.4) is 0 Å². The molecule has 2 amide bonds. The molecule has 0 atom stereocenters. The Morgan fingerprint density at radius 2 is 1.55 bits per heavy atom. The van der Waals surface area contributed by atoms with Crippen LogP contribution in [0.2, 0.25) is 0 Å². The third-order valence-electron chi connectivity index (χ3n) is 6.15. The molecule has 162 valence electrons. The van der Waals surface area contributed by atoms with Crippen LogP contribution in [-0.4, -0.2) is 54.3 Å². The second-order valence-electron chi connectivity index (χ2n) is 7.99. The Kier molecular flexibility index (Phi) is 5.62. The standard InChI is InChI=1S/C24H25F2N3O2/c1-4-27-9-11-28(12-10-27)22-21(17-6-5-15(2)16(3)13-17)23(30)29(24(22)31)18-7-8-19(25)20(26)14-18/h5-8,13-14H,4,9-12H2,1-3H3. The molecule has 2 aromatic rings. The third kappa shape index (κ3) is 3.74. The predicted octanol–water partition coefficient (Wildman–Crippen LogP) is 3.50. The summed E-state index contributed by atoms with van der Waals surface area (Å²) >= 11 is 0. The lowest BCUT2D eigenvalue weighted by Gasteiger charge is -2.36. The number of amides is 2. The van der Waals surface area contributed by atoms with Crippen LogP contribution in [0, 0.1) is 25.5 Å². The summed E-state index contributed by atoms with van der Waals surface area (Å²) in [7, 11) is 0. The summed E-state index contributed by atoms with van der Waals surface area (Å²) in [5.74, 6) is -3.15. The number of hydrogen-bond donors (Lipinski definition) is 0. The first-order valence-corrected chi connectivity index (χ1v) is 10.4. The van der Waals surface area contributed by atoms with Crippen molar-refractivity contribution in [1.29, 1.82) is 0 Å². The Morgan fingerprint density at radius 1 is 0.839 bits per heavy atom. The molecule has 2 aliphatic rings. The second-order valence-corrected chi connectivity index (χ2v) is 7.99. The van der Waals surface area contributed by atoms with Gasteiger partial charge in [0.25, 0.3) is 11.8 Å². The summed E-state index contributed by atoms with van der Waals surface area (Å²) in [4.78, 5) is 32.1. The van der Waals surface area contributed by atoms with Crippen LogP contribution >= 0.6 is 0 Å². The van der Waals surface area contributed by atoms with E-state index < -0.39 is 23.4 Å².